The Morgan fingerprint density at radius 3 is 1.91 bits per heavy atom. The Balaban J connectivity index is 1.10. The molecule has 1 saturated heterocycles. The molecular weight excluding hydrogens is 725 g/mol. The smallest absolute Gasteiger partial charge is 0.407 e. The molecule has 0 aliphatic carbocycles. The number of nitrogens with zero attached hydrogens (tertiary/aromatic N) is 4. The summed E-state index contributed by atoms with van der Waals surface area (Å²) in [5.74, 6) is 0.833. The molecule has 2 aromatic heterocycles. The molecule has 1 fully saturated rings. The van der Waals surface area contributed by atoms with E-state index in [1.165, 1.54) is 14.2 Å². The summed E-state index contributed by atoms with van der Waals surface area (Å²) in [4.78, 5) is 70.3. The van der Waals surface area contributed by atoms with Gasteiger partial charge in [0.15, 0.2) is 0 Å². The number of carbonyl (C=O) groups is 4. The van der Waals surface area contributed by atoms with Crippen LogP contribution in [0.3, 0.4) is 0 Å². The van der Waals surface area contributed by atoms with Crippen LogP contribution < -0.4 is 10.6 Å². The van der Waals surface area contributed by atoms with E-state index in [2.05, 4.69) is 68.1 Å². The second-order valence-electron chi connectivity index (χ2n) is 15.1. The van der Waals surface area contributed by atoms with Gasteiger partial charge in [0.05, 0.1) is 49.7 Å². The number of hydrogen-bond acceptors (Lipinski definition) is 8. The number of fused-ring (bicyclic) bond motifs is 1. The standard InChI is InChI=1S/C43H52N8O6/c1-8-20-50(40(52)37(25(2)3)48-42(54)56-6)24-36-44-23-34(45-36)30-15-13-28(14-16-30)27-9-11-29(12-10-27)31-17-18-32-33(22-31)47-39(46-32)35-19-21-51(35)41(53)38(26(4)5)49-43(55)57-7/h9-18,22-23,25-26,35,37-38H,8,19-21,24H2,1-7H3,(H,44,45)(H,46,47)(H,48,54)(H,49,55). The van der Waals surface area contributed by atoms with E-state index in [-0.39, 0.29) is 36.2 Å². The van der Waals surface area contributed by atoms with Crippen LogP contribution in [0.15, 0.2) is 72.9 Å². The van der Waals surface area contributed by atoms with E-state index in [1.54, 1.807) is 16.0 Å². The highest BCUT2D eigenvalue weighted by atomic mass is 16.5. The number of rotatable bonds is 14. The molecule has 4 N–H and O–H groups in total. The minimum Gasteiger partial charge on any atom is -0.453 e. The molecule has 4 amide bonds. The van der Waals surface area contributed by atoms with Gasteiger partial charge in [0.2, 0.25) is 11.8 Å². The summed E-state index contributed by atoms with van der Waals surface area (Å²) in [7, 11) is 2.57. The van der Waals surface area contributed by atoms with Crippen molar-refractivity contribution < 1.29 is 28.7 Å². The van der Waals surface area contributed by atoms with Gasteiger partial charge in [-0.3, -0.25) is 9.59 Å². The quantitative estimate of drug-likeness (QED) is 0.0928. The topological polar surface area (TPSA) is 175 Å². The number of aromatic nitrogens is 4. The molecule has 0 radical (unpaired) electrons. The van der Waals surface area contributed by atoms with Gasteiger partial charge in [0.25, 0.3) is 0 Å². The molecule has 57 heavy (non-hydrogen) atoms. The van der Waals surface area contributed by atoms with Crippen LogP contribution in [-0.2, 0) is 25.6 Å². The first-order valence-electron chi connectivity index (χ1n) is 19.4. The second kappa shape index (κ2) is 17.7. The summed E-state index contributed by atoms with van der Waals surface area (Å²) < 4.78 is 9.48. The first-order chi connectivity index (χ1) is 27.4. The van der Waals surface area contributed by atoms with Gasteiger partial charge in [-0.2, -0.15) is 0 Å². The predicted molar refractivity (Wildman–Crippen MR) is 218 cm³/mol. The van der Waals surface area contributed by atoms with Crippen molar-refractivity contribution >= 4 is 35.0 Å². The Morgan fingerprint density at radius 1 is 0.807 bits per heavy atom. The highest BCUT2D eigenvalue weighted by Crippen LogP contribution is 2.35. The lowest BCUT2D eigenvalue weighted by atomic mass is 9.96. The Kier molecular flexibility index (Phi) is 12.6. The number of amides is 4. The van der Waals surface area contributed by atoms with Gasteiger partial charge in [-0.05, 0) is 64.6 Å². The zero-order valence-electron chi connectivity index (χ0n) is 33.6. The van der Waals surface area contributed by atoms with Crippen LogP contribution in [0.4, 0.5) is 9.59 Å². The lowest BCUT2D eigenvalue weighted by Crippen LogP contribution is -2.56. The molecule has 0 saturated carbocycles. The minimum absolute atomic E-state index is 0.102. The largest absolute Gasteiger partial charge is 0.453 e. The molecule has 14 heteroatoms. The number of ether oxygens (including phenoxy) is 2. The molecule has 6 rings (SSSR count). The van der Waals surface area contributed by atoms with Crippen molar-refractivity contribution in [3.8, 4) is 33.5 Å². The van der Waals surface area contributed by atoms with E-state index >= 15 is 0 Å². The molecule has 3 atom stereocenters. The van der Waals surface area contributed by atoms with Gasteiger partial charge < -0.3 is 39.9 Å². The lowest BCUT2D eigenvalue weighted by molar-refractivity contribution is -0.142. The van der Waals surface area contributed by atoms with Crippen LogP contribution >= 0.6 is 0 Å². The van der Waals surface area contributed by atoms with Gasteiger partial charge in [-0.15, -0.1) is 0 Å². The van der Waals surface area contributed by atoms with E-state index in [9.17, 15) is 19.2 Å². The first kappa shape index (κ1) is 40.5. The van der Waals surface area contributed by atoms with Crippen molar-refractivity contribution in [3.05, 3.63) is 84.6 Å². The van der Waals surface area contributed by atoms with E-state index in [4.69, 9.17) is 14.5 Å². The third kappa shape index (κ3) is 9.11. The molecule has 0 spiro atoms. The number of methoxy groups -OCH3 is 2. The van der Waals surface area contributed by atoms with E-state index < -0.39 is 24.3 Å². The number of carbonyl (C=O) groups excluding carboxylic acids is 4. The van der Waals surface area contributed by atoms with Gasteiger partial charge in [0.1, 0.15) is 23.7 Å². The van der Waals surface area contributed by atoms with Crippen molar-refractivity contribution in [2.75, 3.05) is 27.3 Å². The van der Waals surface area contributed by atoms with Crippen molar-refractivity contribution in [1.82, 2.24) is 40.4 Å². The molecule has 1 aliphatic heterocycles. The van der Waals surface area contributed by atoms with Crippen molar-refractivity contribution in [2.24, 2.45) is 11.8 Å². The summed E-state index contributed by atoms with van der Waals surface area (Å²) in [6.45, 7) is 11.0. The van der Waals surface area contributed by atoms with E-state index in [1.807, 2.05) is 58.9 Å². The number of H-pyrrole nitrogens is 2. The number of aromatic amines is 2. The Hall–Kier alpha value is -6.18. The maximum Gasteiger partial charge on any atom is 0.407 e. The SMILES string of the molecule is CCCN(Cc1ncc(-c2ccc(-c3ccc(-c4ccc5nc(C6CCN6C(=O)C(NC(=O)OC)C(C)C)[nH]c5c4)cc3)cc2)[nH]1)C(=O)C(NC(=O)OC)C(C)C. The van der Waals surface area contributed by atoms with E-state index in [0.29, 0.717) is 18.9 Å². The monoisotopic (exact) mass is 776 g/mol. The number of likely N-dealkylation sites (tertiary alicyclic amines) is 1. The minimum atomic E-state index is -0.708. The summed E-state index contributed by atoms with van der Waals surface area (Å²) in [5, 5.41) is 5.35. The fourth-order valence-electron chi connectivity index (χ4n) is 7.08. The number of imidazole rings is 2. The maximum atomic E-state index is 13.4. The number of alkyl carbamates (subject to hydrolysis) is 2. The number of hydrogen-bond donors (Lipinski definition) is 4. The average Bonchev–Trinajstić information content (AvgIpc) is 3.84. The Bertz CT molecular complexity index is 2190. The van der Waals surface area contributed by atoms with Crippen LogP contribution in [0.25, 0.3) is 44.5 Å². The first-order valence-corrected chi connectivity index (χ1v) is 19.4. The highest BCUT2D eigenvalue weighted by Gasteiger charge is 2.40. The third-order valence-electron chi connectivity index (χ3n) is 10.4. The number of benzene rings is 3. The van der Waals surface area contributed by atoms with Crippen LogP contribution in [0.2, 0.25) is 0 Å². The third-order valence-corrected chi connectivity index (χ3v) is 10.4. The molecule has 3 unspecified atom stereocenters. The molecule has 3 aromatic carbocycles. The van der Waals surface area contributed by atoms with Gasteiger partial charge in [-0.25, -0.2) is 19.6 Å². The molecule has 300 valence electrons. The normalized spacial score (nSPS) is 14.9. The summed E-state index contributed by atoms with van der Waals surface area (Å²) in [6.07, 6.45) is 2.05. The van der Waals surface area contributed by atoms with Gasteiger partial charge in [0, 0.05) is 13.1 Å². The van der Waals surface area contributed by atoms with Crippen molar-refractivity contribution in [3.63, 3.8) is 0 Å². The van der Waals surface area contributed by atoms with Crippen molar-refractivity contribution in [2.45, 2.75) is 72.1 Å². The van der Waals surface area contributed by atoms with Crippen LogP contribution in [0, 0.1) is 11.8 Å². The second-order valence-corrected chi connectivity index (χ2v) is 15.1. The predicted octanol–water partition coefficient (Wildman–Crippen LogP) is 7.06. The fraction of sp³-hybridized carbons (Fsp3) is 0.395. The zero-order valence-corrected chi connectivity index (χ0v) is 33.6. The van der Waals surface area contributed by atoms with Crippen molar-refractivity contribution in [1.29, 1.82) is 0 Å². The zero-order chi connectivity index (χ0) is 40.8. The molecular formula is C43H52N8O6. The lowest BCUT2D eigenvalue weighted by Gasteiger charge is -2.42. The highest BCUT2D eigenvalue weighted by molar-refractivity contribution is 5.88. The number of nitrogens with one attached hydrogen (secondary N) is 4. The molecule has 1 aliphatic rings. The maximum absolute atomic E-state index is 13.4. The Labute approximate surface area is 332 Å². The molecule has 14 nitrogen and oxygen atoms in total. The summed E-state index contributed by atoms with van der Waals surface area (Å²) in [5.41, 5.74) is 7.75. The van der Waals surface area contributed by atoms with Gasteiger partial charge >= 0.3 is 12.2 Å². The van der Waals surface area contributed by atoms with E-state index in [0.717, 1.165) is 63.2 Å². The van der Waals surface area contributed by atoms with Crippen LogP contribution in [0.1, 0.15) is 65.2 Å². The molecule has 0 bridgehead atoms. The summed E-state index contributed by atoms with van der Waals surface area (Å²) in [6, 6.07) is 21.2. The molecule has 3 heterocycles. The fourth-order valence-corrected chi connectivity index (χ4v) is 7.08. The van der Waals surface area contributed by atoms with Gasteiger partial charge in [-0.1, -0.05) is 89.2 Å². The Morgan fingerprint density at radius 2 is 1.37 bits per heavy atom. The molecule has 5 aromatic rings. The summed E-state index contributed by atoms with van der Waals surface area (Å²) >= 11 is 0. The van der Waals surface area contributed by atoms with Crippen LogP contribution in [-0.4, -0.2) is 93.1 Å². The van der Waals surface area contributed by atoms with Crippen LogP contribution in [0.5, 0.6) is 0 Å². The average molecular weight is 777 g/mol.